The van der Waals surface area contributed by atoms with Crippen LogP contribution in [0.15, 0.2) is 36.4 Å². The molecule has 0 aliphatic rings. The molecule has 0 saturated carbocycles. The average molecular weight is 327 g/mol. The molecule has 0 fully saturated rings. The van der Waals surface area contributed by atoms with Gasteiger partial charge in [-0.2, -0.15) is 0 Å². The monoisotopic (exact) mass is 326 g/mol. The van der Waals surface area contributed by atoms with Crippen LogP contribution < -0.4 is 0 Å². The molecule has 106 valence electrons. The van der Waals surface area contributed by atoms with Gasteiger partial charge in [0.2, 0.25) is 0 Å². The number of carbonyl (C=O) groups is 1. The lowest BCUT2D eigenvalue weighted by molar-refractivity contribution is 0.102. The second-order valence-corrected chi connectivity index (χ2v) is 7.46. The molecule has 0 spiro atoms. The van der Waals surface area contributed by atoms with Crippen molar-refractivity contribution in [2.75, 3.05) is 5.75 Å². The van der Waals surface area contributed by atoms with Crippen LogP contribution in [0.1, 0.15) is 27.0 Å². The van der Waals surface area contributed by atoms with Crippen molar-refractivity contribution >= 4 is 39.5 Å². The largest absolute Gasteiger partial charge is 0.292 e. The number of benzene rings is 1. The normalized spacial score (nSPS) is 12.3. The zero-order valence-corrected chi connectivity index (χ0v) is 13.5. The van der Waals surface area contributed by atoms with E-state index in [1.54, 1.807) is 12.1 Å². The molecule has 1 atom stereocenters. The van der Waals surface area contributed by atoms with Gasteiger partial charge in [0.15, 0.2) is 5.78 Å². The van der Waals surface area contributed by atoms with E-state index >= 15 is 0 Å². The quantitative estimate of drug-likeness (QED) is 0.749. The van der Waals surface area contributed by atoms with Gasteiger partial charge in [-0.1, -0.05) is 30.7 Å². The number of hydrogen-bond donors (Lipinski definition) is 0. The summed E-state index contributed by atoms with van der Waals surface area (Å²) in [4.78, 5) is 13.9. The predicted octanol–water partition coefficient (Wildman–Crippen LogP) is 4.10. The summed E-state index contributed by atoms with van der Waals surface area (Å²) in [6.45, 7) is 2.05. The Morgan fingerprint density at radius 1 is 1.20 bits per heavy atom. The SMILES string of the molecule is CCc1ccc(C(=O)CS(=O)Cc2ccc(Cl)cc2)s1. The number of ketones is 1. The zero-order chi connectivity index (χ0) is 14.5. The maximum atomic E-state index is 12.0. The van der Waals surface area contributed by atoms with E-state index in [0.29, 0.717) is 15.7 Å². The first-order valence-corrected chi connectivity index (χ1v) is 8.98. The van der Waals surface area contributed by atoms with Crippen LogP contribution in [0.5, 0.6) is 0 Å². The minimum absolute atomic E-state index is 0.0398. The second kappa shape index (κ2) is 7.16. The van der Waals surface area contributed by atoms with Crippen molar-refractivity contribution in [2.45, 2.75) is 19.1 Å². The lowest BCUT2D eigenvalue weighted by atomic mass is 10.2. The minimum atomic E-state index is -1.19. The highest BCUT2D eigenvalue weighted by atomic mass is 35.5. The predicted molar refractivity (Wildman–Crippen MR) is 86.2 cm³/mol. The topological polar surface area (TPSA) is 34.1 Å². The van der Waals surface area contributed by atoms with Crippen LogP contribution in [0.25, 0.3) is 0 Å². The standard InChI is InChI=1S/C15H15ClO2S2/c1-2-13-7-8-15(19-13)14(17)10-20(18)9-11-3-5-12(16)6-4-11/h3-8H,2,9-10H2,1H3. The van der Waals surface area contributed by atoms with Crippen molar-refractivity contribution in [1.29, 1.82) is 0 Å². The molecule has 5 heteroatoms. The fourth-order valence-electron chi connectivity index (χ4n) is 1.75. The van der Waals surface area contributed by atoms with Crippen LogP contribution >= 0.6 is 22.9 Å². The number of halogens is 1. The van der Waals surface area contributed by atoms with Crippen molar-refractivity contribution in [3.05, 3.63) is 56.7 Å². The number of aryl methyl sites for hydroxylation is 1. The van der Waals surface area contributed by atoms with E-state index in [1.165, 1.54) is 16.2 Å². The summed E-state index contributed by atoms with van der Waals surface area (Å²) in [6, 6.07) is 11.0. The Balaban J connectivity index is 1.94. The molecule has 0 aliphatic carbocycles. The summed E-state index contributed by atoms with van der Waals surface area (Å²) >= 11 is 7.29. The van der Waals surface area contributed by atoms with Gasteiger partial charge in [0.25, 0.3) is 0 Å². The molecular formula is C15H15ClO2S2. The third-order valence-corrected chi connectivity index (χ3v) is 5.58. The lowest BCUT2D eigenvalue weighted by Gasteiger charge is -2.01. The maximum absolute atomic E-state index is 12.0. The molecule has 0 aliphatic heterocycles. The summed E-state index contributed by atoms with van der Waals surface area (Å²) in [5, 5.41) is 0.654. The van der Waals surface area contributed by atoms with Crippen LogP contribution in [0.4, 0.5) is 0 Å². The van der Waals surface area contributed by atoms with E-state index in [9.17, 15) is 9.00 Å². The average Bonchev–Trinajstić information content (AvgIpc) is 2.90. The fraction of sp³-hybridized carbons (Fsp3) is 0.267. The Bertz CT molecular complexity index is 617. The van der Waals surface area contributed by atoms with Crippen LogP contribution in [-0.4, -0.2) is 15.7 Å². The Hall–Kier alpha value is -0.970. The van der Waals surface area contributed by atoms with Crippen molar-refractivity contribution in [3.8, 4) is 0 Å². The number of Topliss-reactive ketones (excluding diaryl/α,β-unsaturated/α-hetero) is 1. The highest BCUT2D eigenvalue weighted by Gasteiger charge is 2.13. The van der Waals surface area contributed by atoms with Crippen molar-refractivity contribution < 1.29 is 9.00 Å². The first-order chi connectivity index (χ1) is 9.58. The van der Waals surface area contributed by atoms with Crippen molar-refractivity contribution in [1.82, 2.24) is 0 Å². The summed E-state index contributed by atoms with van der Waals surface area (Å²) < 4.78 is 12.0. The number of hydrogen-bond acceptors (Lipinski definition) is 3. The maximum Gasteiger partial charge on any atom is 0.185 e. The molecule has 1 unspecified atom stereocenters. The van der Waals surface area contributed by atoms with E-state index in [-0.39, 0.29) is 11.5 Å². The van der Waals surface area contributed by atoms with E-state index < -0.39 is 10.8 Å². The highest BCUT2D eigenvalue weighted by Crippen LogP contribution is 2.18. The number of carbonyl (C=O) groups excluding carboxylic acids is 1. The van der Waals surface area contributed by atoms with Gasteiger partial charge in [0, 0.05) is 26.5 Å². The first-order valence-electron chi connectivity index (χ1n) is 6.30. The van der Waals surface area contributed by atoms with Crippen molar-refractivity contribution in [3.63, 3.8) is 0 Å². The Morgan fingerprint density at radius 3 is 2.50 bits per heavy atom. The van der Waals surface area contributed by atoms with Gasteiger partial charge in [-0.05, 0) is 36.2 Å². The summed E-state index contributed by atoms with van der Waals surface area (Å²) in [5.41, 5.74) is 0.931. The summed E-state index contributed by atoms with van der Waals surface area (Å²) in [6.07, 6.45) is 0.922. The molecule has 0 saturated heterocycles. The van der Waals surface area contributed by atoms with Crippen LogP contribution in [0, 0.1) is 0 Å². The second-order valence-electron chi connectivity index (χ2n) is 4.40. The highest BCUT2D eigenvalue weighted by molar-refractivity contribution is 7.85. The van der Waals surface area contributed by atoms with Gasteiger partial charge in [0.1, 0.15) is 0 Å². The first kappa shape index (κ1) is 15.4. The van der Waals surface area contributed by atoms with Crippen molar-refractivity contribution in [2.24, 2.45) is 0 Å². The molecule has 1 aromatic carbocycles. The molecule has 0 radical (unpaired) electrons. The molecule has 2 aromatic rings. The third kappa shape index (κ3) is 4.27. The summed E-state index contributed by atoms with van der Waals surface area (Å²) in [5.74, 6) is 0.420. The van der Waals surface area contributed by atoms with Gasteiger partial charge in [-0.25, -0.2) is 0 Å². The molecule has 20 heavy (non-hydrogen) atoms. The smallest absolute Gasteiger partial charge is 0.185 e. The zero-order valence-electron chi connectivity index (χ0n) is 11.1. The fourth-order valence-corrected chi connectivity index (χ4v) is 3.97. The van der Waals surface area contributed by atoms with E-state index in [1.807, 2.05) is 24.3 Å². The number of thiophene rings is 1. The van der Waals surface area contributed by atoms with E-state index in [2.05, 4.69) is 6.92 Å². The molecule has 0 N–H and O–H groups in total. The van der Waals surface area contributed by atoms with E-state index in [0.717, 1.165) is 12.0 Å². The molecule has 0 bridgehead atoms. The Labute approximate surface area is 130 Å². The van der Waals surface area contributed by atoms with Gasteiger partial charge < -0.3 is 0 Å². The molecule has 1 heterocycles. The molecule has 2 rings (SSSR count). The van der Waals surface area contributed by atoms with Crippen LogP contribution in [0.2, 0.25) is 5.02 Å². The molecular weight excluding hydrogens is 312 g/mol. The molecule has 1 aromatic heterocycles. The van der Waals surface area contributed by atoms with Crippen LogP contribution in [-0.2, 0) is 23.0 Å². The lowest BCUT2D eigenvalue weighted by Crippen LogP contribution is -2.11. The van der Waals surface area contributed by atoms with Gasteiger partial charge in [-0.15, -0.1) is 11.3 Å². The van der Waals surface area contributed by atoms with Gasteiger partial charge >= 0.3 is 0 Å². The van der Waals surface area contributed by atoms with E-state index in [4.69, 9.17) is 11.6 Å². The summed E-state index contributed by atoms with van der Waals surface area (Å²) in [7, 11) is -1.19. The Kier molecular flexibility index (Phi) is 5.52. The third-order valence-electron chi connectivity index (χ3n) is 2.82. The molecule has 2 nitrogen and oxygen atoms in total. The van der Waals surface area contributed by atoms with Gasteiger partial charge in [-0.3, -0.25) is 9.00 Å². The Morgan fingerprint density at radius 2 is 1.90 bits per heavy atom. The van der Waals surface area contributed by atoms with Gasteiger partial charge in [0.05, 0.1) is 10.6 Å². The number of rotatable bonds is 6. The molecule has 0 amide bonds. The minimum Gasteiger partial charge on any atom is -0.292 e. The van der Waals surface area contributed by atoms with Crippen LogP contribution in [0.3, 0.4) is 0 Å².